The number of aryl methyl sites for hydroxylation is 1. The summed E-state index contributed by atoms with van der Waals surface area (Å²) in [6.45, 7) is 6.09. The number of hydrogen-bond donors (Lipinski definition) is 1. The molecule has 1 aliphatic heterocycles. The molecule has 5 heteroatoms. The molecule has 3 rings (SSSR count). The Bertz CT molecular complexity index is 771. The molecule has 1 heterocycles. The quantitative estimate of drug-likeness (QED) is 0.813. The van der Waals surface area contributed by atoms with Crippen molar-refractivity contribution in [1.29, 1.82) is 0 Å². The molecule has 0 spiro atoms. The number of hydrogen-bond acceptors (Lipinski definition) is 3. The summed E-state index contributed by atoms with van der Waals surface area (Å²) in [6.07, 6.45) is 0.715. The van der Waals surface area contributed by atoms with Gasteiger partial charge in [0.15, 0.2) is 6.61 Å². The van der Waals surface area contributed by atoms with Gasteiger partial charge in [-0.3, -0.25) is 4.79 Å². The van der Waals surface area contributed by atoms with Crippen LogP contribution in [0, 0.1) is 6.92 Å². The zero-order valence-corrected chi connectivity index (χ0v) is 16.2. The predicted octanol–water partition coefficient (Wildman–Crippen LogP) is 4.55. The second kappa shape index (κ2) is 7.08. The van der Waals surface area contributed by atoms with Gasteiger partial charge in [-0.1, -0.05) is 28.1 Å². The minimum atomic E-state index is -0.328. The average Bonchev–Trinajstić information content (AvgIpc) is 2.52. The van der Waals surface area contributed by atoms with Gasteiger partial charge in [0.05, 0.1) is 6.04 Å². The highest BCUT2D eigenvalue weighted by Crippen LogP contribution is 2.39. The summed E-state index contributed by atoms with van der Waals surface area (Å²) in [4.78, 5) is 12.4. The summed E-state index contributed by atoms with van der Waals surface area (Å²) in [5.74, 6) is 1.37. The van der Waals surface area contributed by atoms with Gasteiger partial charge in [-0.25, -0.2) is 0 Å². The number of rotatable bonds is 4. The maximum absolute atomic E-state index is 12.4. The summed E-state index contributed by atoms with van der Waals surface area (Å²) in [5.41, 5.74) is 1.83. The van der Waals surface area contributed by atoms with E-state index in [4.69, 9.17) is 9.47 Å². The van der Waals surface area contributed by atoms with Gasteiger partial charge in [0, 0.05) is 16.5 Å². The van der Waals surface area contributed by atoms with Gasteiger partial charge in [-0.15, -0.1) is 0 Å². The number of amides is 1. The Morgan fingerprint density at radius 3 is 2.72 bits per heavy atom. The number of ether oxygens (including phenoxy) is 2. The normalized spacial score (nSPS) is 18.0. The van der Waals surface area contributed by atoms with Crippen LogP contribution in [0.25, 0.3) is 0 Å². The van der Waals surface area contributed by atoms with E-state index in [9.17, 15) is 4.79 Å². The average molecular weight is 404 g/mol. The van der Waals surface area contributed by atoms with Crippen LogP contribution in [0.4, 0.5) is 0 Å². The first-order valence-corrected chi connectivity index (χ1v) is 9.09. The number of benzene rings is 2. The van der Waals surface area contributed by atoms with Crippen molar-refractivity contribution < 1.29 is 14.3 Å². The Morgan fingerprint density at radius 2 is 2.00 bits per heavy atom. The third kappa shape index (κ3) is 4.54. The lowest BCUT2D eigenvalue weighted by atomic mass is 9.89. The molecule has 0 fully saturated rings. The van der Waals surface area contributed by atoms with Gasteiger partial charge in [-0.05, 0) is 56.7 Å². The van der Waals surface area contributed by atoms with E-state index in [1.165, 1.54) is 0 Å². The summed E-state index contributed by atoms with van der Waals surface area (Å²) < 4.78 is 12.6. The topological polar surface area (TPSA) is 47.6 Å². The third-order valence-electron chi connectivity index (χ3n) is 4.15. The van der Waals surface area contributed by atoms with Crippen LogP contribution in [-0.2, 0) is 4.79 Å². The van der Waals surface area contributed by atoms with E-state index < -0.39 is 0 Å². The molecule has 1 atom stereocenters. The molecule has 4 nitrogen and oxygen atoms in total. The van der Waals surface area contributed by atoms with E-state index in [0.29, 0.717) is 12.2 Å². The van der Waals surface area contributed by atoms with Crippen molar-refractivity contribution in [2.75, 3.05) is 6.61 Å². The number of nitrogens with one attached hydrogen (secondary N) is 1. The molecular weight excluding hydrogens is 382 g/mol. The highest BCUT2D eigenvalue weighted by Gasteiger charge is 2.34. The number of carbonyl (C=O) groups excluding carboxylic acids is 1. The summed E-state index contributed by atoms with van der Waals surface area (Å²) in [6, 6.07) is 13.4. The summed E-state index contributed by atoms with van der Waals surface area (Å²) >= 11 is 3.38. The van der Waals surface area contributed by atoms with Gasteiger partial charge in [0.2, 0.25) is 0 Å². The second-order valence-corrected chi connectivity index (χ2v) is 7.89. The van der Waals surface area contributed by atoms with E-state index in [1.807, 2.05) is 63.2 Å². The van der Waals surface area contributed by atoms with Crippen molar-refractivity contribution in [3.63, 3.8) is 0 Å². The van der Waals surface area contributed by atoms with E-state index in [2.05, 4.69) is 21.2 Å². The van der Waals surface area contributed by atoms with Crippen molar-refractivity contribution in [3.8, 4) is 11.5 Å². The van der Waals surface area contributed by atoms with Gasteiger partial charge < -0.3 is 14.8 Å². The second-order valence-electron chi connectivity index (χ2n) is 6.97. The van der Waals surface area contributed by atoms with Crippen molar-refractivity contribution in [3.05, 3.63) is 58.1 Å². The zero-order valence-electron chi connectivity index (χ0n) is 14.6. The van der Waals surface area contributed by atoms with Crippen LogP contribution in [0.15, 0.2) is 46.9 Å². The van der Waals surface area contributed by atoms with Crippen molar-refractivity contribution in [2.24, 2.45) is 0 Å². The minimum Gasteiger partial charge on any atom is -0.487 e. The molecule has 0 saturated heterocycles. The van der Waals surface area contributed by atoms with E-state index in [0.717, 1.165) is 21.3 Å². The molecule has 0 aromatic heterocycles. The molecule has 2 aromatic carbocycles. The van der Waals surface area contributed by atoms with Crippen molar-refractivity contribution in [2.45, 2.75) is 38.8 Å². The molecule has 25 heavy (non-hydrogen) atoms. The molecule has 1 N–H and O–H groups in total. The monoisotopic (exact) mass is 403 g/mol. The SMILES string of the molecule is Cc1ccc2c(c1)OC(C)(C)C[C@@H]2NC(=O)COc1ccc(Br)cc1. The third-order valence-corrected chi connectivity index (χ3v) is 4.67. The highest BCUT2D eigenvalue weighted by atomic mass is 79.9. The number of fused-ring (bicyclic) bond motifs is 1. The molecule has 0 aliphatic carbocycles. The fourth-order valence-electron chi connectivity index (χ4n) is 3.00. The zero-order chi connectivity index (χ0) is 18.0. The first-order chi connectivity index (χ1) is 11.8. The maximum atomic E-state index is 12.4. The molecule has 0 unspecified atom stereocenters. The Morgan fingerprint density at radius 1 is 1.28 bits per heavy atom. The Labute approximate surface area is 156 Å². The van der Waals surface area contributed by atoms with Crippen LogP contribution in [0.3, 0.4) is 0 Å². The lowest BCUT2D eigenvalue weighted by Crippen LogP contribution is -2.42. The van der Waals surface area contributed by atoms with E-state index in [-0.39, 0.29) is 24.2 Å². The lowest BCUT2D eigenvalue weighted by molar-refractivity contribution is -0.124. The minimum absolute atomic E-state index is 0.0133. The van der Waals surface area contributed by atoms with Crippen molar-refractivity contribution in [1.82, 2.24) is 5.32 Å². The standard InChI is InChI=1S/C20H22BrNO3/c1-13-4-9-16-17(11-20(2,3)25-18(16)10-13)22-19(23)12-24-15-7-5-14(21)6-8-15/h4-10,17H,11-12H2,1-3H3,(H,22,23)/t17-/m0/s1. The maximum Gasteiger partial charge on any atom is 0.258 e. The van der Waals surface area contributed by atoms with E-state index in [1.54, 1.807) is 0 Å². The molecule has 1 aliphatic rings. The fraction of sp³-hybridized carbons (Fsp3) is 0.350. The van der Waals surface area contributed by atoms with Crippen LogP contribution in [0.1, 0.15) is 37.4 Å². The van der Waals surface area contributed by atoms with E-state index >= 15 is 0 Å². The lowest BCUT2D eigenvalue weighted by Gasteiger charge is -2.38. The Balaban J connectivity index is 1.67. The first-order valence-electron chi connectivity index (χ1n) is 8.30. The summed E-state index contributed by atoms with van der Waals surface area (Å²) in [7, 11) is 0. The predicted molar refractivity (Wildman–Crippen MR) is 101 cm³/mol. The Hall–Kier alpha value is -2.01. The smallest absolute Gasteiger partial charge is 0.258 e. The van der Waals surface area contributed by atoms with Crippen molar-refractivity contribution >= 4 is 21.8 Å². The number of carbonyl (C=O) groups is 1. The molecule has 0 saturated carbocycles. The van der Waals surface area contributed by atoms with Crippen LogP contribution in [0.5, 0.6) is 11.5 Å². The largest absolute Gasteiger partial charge is 0.487 e. The molecule has 0 bridgehead atoms. The molecule has 0 radical (unpaired) electrons. The fourth-order valence-corrected chi connectivity index (χ4v) is 3.27. The first kappa shape index (κ1) is 17.8. The molecule has 2 aromatic rings. The van der Waals surface area contributed by atoms with Crippen LogP contribution in [0.2, 0.25) is 0 Å². The van der Waals surface area contributed by atoms with Gasteiger partial charge in [0.1, 0.15) is 17.1 Å². The molecular formula is C20H22BrNO3. The van der Waals surface area contributed by atoms with Gasteiger partial charge in [0.25, 0.3) is 5.91 Å². The van der Waals surface area contributed by atoms with Crippen LogP contribution >= 0.6 is 15.9 Å². The van der Waals surface area contributed by atoms with Gasteiger partial charge >= 0.3 is 0 Å². The molecule has 132 valence electrons. The molecule has 1 amide bonds. The summed E-state index contributed by atoms with van der Waals surface area (Å²) in [5, 5.41) is 3.08. The Kier molecular flexibility index (Phi) is 5.04. The van der Waals surface area contributed by atoms with Gasteiger partial charge in [-0.2, -0.15) is 0 Å². The van der Waals surface area contributed by atoms with Crippen LogP contribution < -0.4 is 14.8 Å². The highest BCUT2D eigenvalue weighted by molar-refractivity contribution is 9.10. The number of halogens is 1. The van der Waals surface area contributed by atoms with Crippen LogP contribution in [-0.4, -0.2) is 18.1 Å².